The zero-order valence-electron chi connectivity index (χ0n) is 10.8. The second-order valence-corrected chi connectivity index (χ2v) is 5.10. The Hall–Kier alpha value is -1.64. The Kier molecular flexibility index (Phi) is 3.80. The molecule has 0 atom stereocenters. The molecule has 1 aromatic rings. The normalized spacial score (nSPS) is 17.3. The van der Waals surface area contributed by atoms with Crippen molar-refractivity contribution < 1.29 is 14.3 Å². The molecule has 1 fully saturated rings. The van der Waals surface area contributed by atoms with Crippen LogP contribution in [0.3, 0.4) is 0 Å². The molecule has 1 aliphatic carbocycles. The van der Waals surface area contributed by atoms with Gasteiger partial charge in [-0.25, -0.2) is 0 Å². The van der Waals surface area contributed by atoms with Gasteiger partial charge in [-0.2, -0.15) is 0 Å². The lowest BCUT2D eigenvalue weighted by atomic mass is 9.82. The smallest absolute Gasteiger partial charge is 0.140 e. The predicted octanol–water partition coefficient (Wildman–Crippen LogP) is 2.88. The molecule has 18 heavy (non-hydrogen) atoms. The van der Waals surface area contributed by atoms with E-state index in [0.717, 1.165) is 11.3 Å². The van der Waals surface area contributed by atoms with Crippen LogP contribution in [0.2, 0.25) is 0 Å². The molecule has 96 valence electrons. The van der Waals surface area contributed by atoms with Crippen LogP contribution in [0.1, 0.15) is 44.6 Å². The summed E-state index contributed by atoms with van der Waals surface area (Å²) in [6.45, 7) is 3.95. The number of carbonyl (C=O) groups is 2. The van der Waals surface area contributed by atoms with Crippen LogP contribution in [0, 0.1) is 0 Å². The Morgan fingerprint density at radius 1 is 1.17 bits per heavy atom. The van der Waals surface area contributed by atoms with Crippen molar-refractivity contribution in [3.8, 4) is 5.75 Å². The number of ketones is 2. The Morgan fingerprint density at radius 2 is 1.83 bits per heavy atom. The number of rotatable bonds is 3. The molecule has 1 aliphatic rings. The molecule has 0 aromatic heterocycles. The summed E-state index contributed by atoms with van der Waals surface area (Å²) in [7, 11) is 0. The third kappa shape index (κ3) is 3.19. The van der Waals surface area contributed by atoms with Gasteiger partial charge in [0.1, 0.15) is 17.3 Å². The third-order valence-corrected chi connectivity index (χ3v) is 3.04. The van der Waals surface area contributed by atoms with E-state index in [-0.39, 0.29) is 30.0 Å². The van der Waals surface area contributed by atoms with Crippen LogP contribution in [0.4, 0.5) is 0 Å². The van der Waals surface area contributed by atoms with Crippen molar-refractivity contribution in [2.75, 3.05) is 0 Å². The molecule has 0 N–H and O–H groups in total. The minimum absolute atomic E-state index is 0.0227. The average Bonchev–Trinajstić information content (AvgIpc) is 2.27. The van der Waals surface area contributed by atoms with Gasteiger partial charge in [0.15, 0.2) is 0 Å². The summed E-state index contributed by atoms with van der Waals surface area (Å²) >= 11 is 0. The first-order valence-electron chi connectivity index (χ1n) is 6.34. The lowest BCUT2D eigenvalue weighted by Gasteiger charge is -2.21. The fourth-order valence-electron chi connectivity index (χ4n) is 2.34. The first-order valence-corrected chi connectivity index (χ1v) is 6.34. The number of hydrogen-bond donors (Lipinski definition) is 0. The molecule has 1 saturated carbocycles. The van der Waals surface area contributed by atoms with Crippen molar-refractivity contribution in [1.29, 1.82) is 0 Å². The third-order valence-electron chi connectivity index (χ3n) is 3.04. The van der Waals surface area contributed by atoms with Crippen molar-refractivity contribution in [3.05, 3.63) is 29.8 Å². The molecule has 0 heterocycles. The van der Waals surface area contributed by atoms with E-state index in [1.165, 1.54) is 0 Å². The summed E-state index contributed by atoms with van der Waals surface area (Å²) < 4.78 is 5.63. The summed E-state index contributed by atoms with van der Waals surface area (Å²) in [5, 5.41) is 0. The van der Waals surface area contributed by atoms with Crippen molar-refractivity contribution in [3.63, 3.8) is 0 Å². The van der Waals surface area contributed by atoms with Gasteiger partial charge in [0.2, 0.25) is 0 Å². The average molecular weight is 246 g/mol. The molecule has 3 heteroatoms. The first-order chi connectivity index (χ1) is 8.54. The van der Waals surface area contributed by atoms with Gasteiger partial charge in [0.25, 0.3) is 0 Å². The lowest BCUT2D eigenvalue weighted by Crippen LogP contribution is -2.21. The number of Topliss-reactive ketones (excluding diaryl/α,β-unsaturated/α-hetero) is 2. The lowest BCUT2D eigenvalue weighted by molar-refractivity contribution is -0.130. The number of benzene rings is 1. The van der Waals surface area contributed by atoms with Crippen LogP contribution in [0.5, 0.6) is 5.75 Å². The second kappa shape index (κ2) is 5.34. The molecule has 0 amide bonds. The maximum absolute atomic E-state index is 11.5. The molecule has 0 radical (unpaired) electrons. The van der Waals surface area contributed by atoms with Gasteiger partial charge in [0.05, 0.1) is 12.5 Å². The van der Waals surface area contributed by atoms with E-state index in [0.29, 0.717) is 12.8 Å². The highest BCUT2D eigenvalue weighted by molar-refractivity contribution is 6.02. The number of ether oxygens (including phenoxy) is 1. The highest BCUT2D eigenvalue weighted by Crippen LogP contribution is 2.31. The molecular weight excluding hydrogens is 228 g/mol. The fraction of sp³-hybridized carbons (Fsp3) is 0.467. The maximum Gasteiger partial charge on any atom is 0.140 e. The zero-order valence-corrected chi connectivity index (χ0v) is 10.8. The standard InChI is InChI=1S/C15H18O3/c1-10(2)18-15-5-3-4-11(8-15)12-6-13(16)9-14(17)7-12/h3-5,8,10,12H,6-7,9H2,1-2H3. The second-order valence-electron chi connectivity index (χ2n) is 5.10. The van der Waals surface area contributed by atoms with Gasteiger partial charge in [0, 0.05) is 12.8 Å². The minimum atomic E-state index is 0.0227. The molecule has 0 unspecified atom stereocenters. The van der Waals surface area contributed by atoms with Gasteiger partial charge in [-0.1, -0.05) is 12.1 Å². The van der Waals surface area contributed by atoms with E-state index in [1.54, 1.807) is 0 Å². The van der Waals surface area contributed by atoms with Crippen molar-refractivity contribution in [1.82, 2.24) is 0 Å². The Labute approximate surface area is 107 Å². The quantitative estimate of drug-likeness (QED) is 0.770. The van der Waals surface area contributed by atoms with Crippen LogP contribution in [0.25, 0.3) is 0 Å². The van der Waals surface area contributed by atoms with Gasteiger partial charge in [-0.3, -0.25) is 9.59 Å². The van der Waals surface area contributed by atoms with Gasteiger partial charge >= 0.3 is 0 Å². The fourth-order valence-corrected chi connectivity index (χ4v) is 2.34. The zero-order chi connectivity index (χ0) is 13.1. The summed E-state index contributed by atoms with van der Waals surface area (Å²) in [5.74, 6) is 0.917. The molecule has 3 nitrogen and oxygen atoms in total. The molecule has 2 rings (SSSR count). The molecule has 0 saturated heterocycles. The van der Waals surface area contributed by atoms with Crippen LogP contribution < -0.4 is 4.74 Å². The van der Waals surface area contributed by atoms with Gasteiger partial charge in [-0.05, 0) is 37.5 Å². The van der Waals surface area contributed by atoms with Crippen LogP contribution in [0.15, 0.2) is 24.3 Å². The van der Waals surface area contributed by atoms with Gasteiger partial charge < -0.3 is 4.74 Å². The van der Waals surface area contributed by atoms with E-state index in [2.05, 4.69) is 0 Å². The molecular formula is C15H18O3. The molecule has 0 bridgehead atoms. The largest absolute Gasteiger partial charge is 0.491 e. The Morgan fingerprint density at radius 3 is 2.44 bits per heavy atom. The van der Waals surface area contributed by atoms with Crippen LogP contribution in [-0.2, 0) is 9.59 Å². The molecule has 0 spiro atoms. The highest BCUT2D eigenvalue weighted by Gasteiger charge is 2.26. The first kappa shape index (κ1) is 12.8. The maximum atomic E-state index is 11.5. The minimum Gasteiger partial charge on any atom is -0.491 e. The van der Waals surface area contributed by atoms with E-state index in [4.69, 9.17) is 4.74 Å². The van der Waals surface area contributed by atoms with Crippen molar-refractivity contribution in [2.45, 2.75) is 45.1 Å². The predicted molar refractivity (Wildman–Crippen MR) is 68.8 cm³/mol. The Bertz CT molecular complexity index is 447. The van der Waals surface area contributed by atoms with E-state index in [9.17, 15) is 9.59 Å². The molecule has 1 aromatic carbocycles. The summed E-state index contributed by atoms with van der Waals surface area (Å²) in [5.41, 5.74) is 1.02. The van der Waals surface area contributed by atoms with E-state index >= 15 is 0 Å². The van der Waals surface area contributed by atoms with E-state index < -0.39 is 0 Å². The highest BCUT2D eigenvalue weighted by atomic mass is 16.5. The number of carbonyl (C=O) groups excluding carboxylic acids is 2. The monoisotopic (exact) mass is 246 g/mol. The summed E-state index contributed by atoms with van der Waals surface area (Å²) in [6, 6.07) is 7.72. The SMILES string of the molecule is CC(C)Oc1cccc(C2CC(=O)CC(=O)C2)c1. The van der Waals surface area contributed by atoms with Crippen LogP contribution >= 0.6 is 0 Å². The molecule has 0 aliphatic heterocycles. The van der Waals surface area contributed by atoms with E-state index in [1.807, 2.05) is 38.1 Å². The number of hydrogen-bond acceptors (Lipinski definition) is 3. The Balaban J connectivity index is 2.17. The van der Waals surface area contributed by atoms with Crippen molar-refractivity contribution >= 4 is 11.6 Å². The van der Waals surface area contributed by atoms with Crippen LogP contribution in [-0.4, -0.2) is 17.7 Å². The topological polar surface area (TPSA) is 43.4 Å². The summed E-state index contributed by atoms with van der Waals surface area (Å²) in [4.78, 5) is 22.9. The van der Waals surface area contributed by atoms with Gasteiger partial charge in [-0.15, -0.1) is 0 Å². The summed E-state index contributed by atoms with van der Waals surface area (Å²) in [6.07, 6.45) is 1.17. The van der Waals surface area contributed by atoms with Crippen molar-refractivity contribution in [2.24, 2.45) is 0 Å².